The standard InChI is InChI=1S/C21H18F8O4S2/c22-15-3-6-18(23)17(11-15)19(9-7-13(8-10-19)12-34(30,31)21(27,28)29)35(32,33)16-4-1-14(2-5-16)20(24,25)26/h1-6,11,13H,7-10,12H2. The van der Waals surface area contributed by atoms with Gasteiger partial charge < -0.3 is 0 Å². The molecular weight excluding hydrogens is 532 g/mol. The van der Waals surface area contributed by atoms with E-state index in [4.69, 9.17) is 0 Å². The molecule has 0 atom stereocenters. The van der Waals surface area contributed by atoms with Crippen LogP contribution in [-0.2, 0) is 30.6 Å². The van der Waals surface area contributed by atoms with Crippen LogP contribution < -0.4 is 0 Å². The number of benzene rings is 2. The van der Waals surface area contributed by atoms with Crippen molar-refractivity contribution in [3.8, 4) is 0 Å². The molecule has 2 aromatic rings. The maximum atomic E-state index is 14.8. The third-order valence-electron chi connectivity index (χ3n) is 6.15. The van der Waals surface area contributed by atoms with Crippen molar-refractivity contribution in [1.29, 1.82) is 0 Å². The van der Waals surface area contributed by atoms with Gasteiger partial charge in [-0.15, -0.1) is 0 Å². The second kappa shape index (κ2) is 9.02. The maximum absolute atomic E-state index is 14.8. The topological polar surface area (TPSA) is 68.3 Å². The normalized spacial score (nSPS) is 22.2. The molecule has 0 aromatic heterocycles. The molecular formula is C21H18F8O4S2. The molecule has 0 amide bonds. The molecule has 3 rings (SSSR count). The van der Waals surface area contributed by atoms with Gasteiger partial charge in [-0.3, -0.25) is 0 Å². The van der Waals surface area contributed by atoms with Gasteiger partial charge in [-0.25, -0.2) is 25.6 Å². The van der Waals surface area contributed by atoms with Crippen LogP contribution in [0.4, 0.5) is 35.1 Å². The van der Waals surface area contributed by atoms with E-state index in [1.807, 2.05) is 0 Å². The fraction of sp³-hybridized carbons (Fsp3) is 0.429. The van der Waals surface area contributed by atoms with E-state index in [9.17, 15) is 52.0 Å². The number of hydrogen-bond acceptors (Lipinski definition) is 4. The lowest BCUT2D eigenvalue weighted by atomic mass is 9.78. The predicted octanol–water partition coefficient (Wildman–Crippen LogP) is 5.78. The van der Waals surface area contributed by atoms with Crippen LogP contribution >= 0.6 is 0 Å². The van der Waals surface area contributed by atoms with Crippen LogP contribution in [0.3, 0.4) is 0 Å². The van der Waals surface area contributed by atoms with Crippen molar-refractivity contribution in [3.05, 3.63) is 65.2 Å². The van der Waals surface area contributed by atoms with Gasteiger partial charge in [-0.05, 0) is 74.1 Å². The molecule has 0 bridgehead atoms. The van der Waals surface area contributed by atoms with Gasteiger partial charge in [0.2, 0.25) is 9.84 Å². The maximum Gasteiger partial charge on any atom is 0.497 e. The van der Waals surface area contributed by atoms with E-state index < -0.39 is 101 Å². The van der Waals surface area contributed by atoms with E-state index in [-0.39, 0.29) is 0 Å². The van der Waals surface area contributed by atoms with Crippen LogP contribution in [-0.4, -0.2) is 28.1 Å². The van der Waals surface area contributed by atoms with Gasteiger partial charge in [0.15, 0.2) is 9.84 Å². The summed E-state index contributed by atoms with van der Waals surface area (Å²) in [6.45, 7) is 0. The third kappa shape index (κ3) is 5.18. The minimum absolute atomic E-state index is 0.398. The number of hydrogen-bond donors (Lipinski definition) is 0. The molecule has 1 fully saturated rings. The second-order valence-corrected chi connectivity index (χ2v) is 12.6. The number of alkyl halides is 6. The summed E-state index contributed by atoms with van der Waals surface area (Å²) in [6, 6.07) is 4.33. The van der Waals surface area contributed by atoms with Crippen molar-refractivity contribution >= 4 is 19.7 Å². The van der Waals surface area contributed by atoms with Crippen molar-refractivity contribution in [3.63, 3.8) is 0 Å². The van der Waals surface area contributed by atoms with Crippen molar-refractivity contribution in [2.45, 2.75) is 47.0 Å². The van der Waals surface area contributed by atoms with Gasteiger partial charge >= 0.3 is 11.7 Å². The average molecular weight is 550 g/mol. The molecule has 1 saturated carbocycles. The van der Waals surface area contributed by atoms with E-state index in [0.29, 0.717) is 36.4 Å². The Kier molecular flexibility index (Phi) is 7.05. The zero-order valence-corrected chi connectivity index (χ0v) is 19.3. The fourth-order valence-corrected chi connectivity index (χ4v) is 7.60. The van der Waals surface area contributed by atoms with Crippen LogP contribution in [0.15, 0.2) is 47.4 Å². The van der Waals surface area contributed by atoms with E-state index in [1.165, 1.54) is 0 Å². The van der Waals surface area contributed by atoms with Crippen LogP contribution in [0.2, 0.25) is 0 Å². The Labute approximate surface area is 195 Å². The molecule has 14 heteroatoms. The summed E-state index contributed by atoms with van der Waals surface area (Å²) < 4.78 is 154. The van der Waals surface area contributed by atoms with Gasteiger partial charge in [0, 0.05) is 5.56 Å². The third-order valence-corrected chi connectivity index (χ3v) is 10.3. The van der Waals surface area contributed by atoms with Gasteiger partial charge in [-0.2, -0.15) is 26.3 Å². The van der Waals surface area contributed by atoms with Crippen LogP contribution in [0, 0.1) is 17.6 Å². The molecule has 1 aliphatic rings. The lowest BCUT2D eigenvalue weighted by molar-refractivity contribution is -0.137. The van der Waals surface area contributed by atoms with Crippen LogP contribution in [0.25, 0.3) is 0 Å². The molecule has 2 aromatic carbocycles. The van der Waals surface area contributed by atoms with Crippen LogP contribution in [0.1, 0.15) is 36.8 Å². The average Bonchev–Trinajstić information content (AvgIpc) is 2.74. The van der Waals surface area contributed by atoms with Gasteiger partial charge in [-0.1, -0.05) is 0 Å². The minimum Gasteiger partial charge on any atom is -0.223 e. The quantitative estimate of drug-likeness (QED) is 0.443. The highest BCUT2D eigenvalue weighted by atomic mass is 32.2. The van der Waals surface area contributed by atoms with Gasteiger partial charge in [0.05, 0.1) is 16.2 Å². The first-order chi connectivity index (χ1) is 15.9. The lowest BCUT2D eigenvalue weighted by Crippen LogP contribution is -2.42. The Hall–Kier alpha value is -2.22. The zero-order chi connectivity index (χ0) is 26.4. The first-order valence-corrected chi connectivity index (χ1v) is 13.2. The molecule has 0 aliphatic heterocycles. The Balaban J connectivity index is 2.06. The van der Waals surface area contributed by atoms with E-state index in [0.717, 1.165) is 6.07 Å². The summed E-state index contributed by atoms with van der Waals surface area (Å²) in [6.07, 6.45) is -6.71. The highest BCUT2D eigenvalue weighted by molar-refractivity contribution is 7.92. The molecule has 0 heterocycles. The smallest absolute Gasteiger partial charge is 0.223 e. The monoisotopic (exact) mass is 550 g/mol. The van der Waals surface area contributed by atoms with E-state index in [1.54, 1.807) is 0 Å². The molecule has 1 aliphatic carbocycles. The number of sulfone groups is 2. The minimum atomic E-state index is -5.51. The summed E-state index contributed by atoms with van der Waals surface area (Å²) in [4.78, 5) is -0.629. The molecule has 194 valence electrons. The highest BCUT2D eigenvalue weighted by Gasteiger charge is 2.52. The summed E-state index contributed by atoms with van der Waals surface area (Å²) in [5, 5.41) is 0. The SMILES string of the molecule is O=S(=O)(CC1CCC(c2cc(F)ccc2F)(S(=O)(=O)c2ccc(C(F)(F)F)cc2)CC1)C(F)(F)F. The highest BCUT2D eigenvalue weighted by Crippen LogP contribution is 2.50. The summed E-state index contributed by atoms with van der Waals surface area (Å²) in [5.74, 6) is -4.57. The summed E-state index contributed by atoms with van der Waals surface area (Å²) in [5.41, 5.74) is -7.29. The largest absolute Gasteiger partial charge is 0.497 e. The molecule has 0 N–H and O–H groups in total. The molecule has 0 unspecified atom stereocenters. The first-order valence-electron chi connectivity index (χ1n) is 10.1. The Morgan fingerprint density at radius 1 is 0.829 bits per heavy atom. The Morgan fingerprint density at radius 2 is 1.37 bits per heavy atom. The molecule has 0 saturated heterocycles. The zero-order valence-electron chi connectivity index (χ0n) is 17.6. The molecule has 35 heavy (non-hydrogen) atoms. The number of halogens is 8. The lowest BCUT2D eigenvalue weighted by Gasteiger charge is -2.40. The van der Waals surface area contributed by atoms with Gasteiger partial charge in [0.1, 0.15) is 16.4 Å². The Bertz CT molecular complexity index is 1290. The van der Waals surface area contributed by atoms with Crippen molar-refractivity contribution < 1.29 is 52.0 Å². The molecule has 4 nitrogen and oxygen atoms in total. The van der Waals surface area contributed by atoms with Crippen molar-refractivity contribution in [2.24, 2.45) is 5.92 Å². The van der Waals surface area contributed by atoms with Crippen LogP contribution in [0.5, 0.6) is 0 Å². The van der Waals surface area contributed by atoms with Crippen molar-refractivity contribution in [1.82, 2.24) is 0 Å². The number of rotatable bonds is 5. The van der Waals surface area contributed by atoms with Gasteiger partial charge in [0.25, 0.3) is 0 Å². The first kappa shape index (κ1) is 27.4. The molecule has 0 spiro atoms. The second-order valence-electron chi connectivity index (χ2n) is 8.31. The van der Waals surface area contributed by atoms with E-state index in [2.05, 4.69) is 0 Å². The summed E-state index contributed by atoms with van der Waals surface area (Å²) in [7, 11) is -10.2. The van der Waals surface area contributed by atoms with Crippen molar-refractivity contribution in [2.75, 3.05) is 5.75 Å². The molecule has 0 radical (unpaired) electrons. The predicted molar refractivity (Wildman–Crippen MR) is 108 cm³/mol. The van der Waals surface area contributed by atoms with E-state index >= 15 is 0 Å². The Morgan fingerprint density at radius 3 is 1.86 bits per heavy atom. The fourth-order valence-electron chi connectivity index (χ4n) is 4.29. The summed E-state index contributed by atoms with van der Waals surface area (Å²) >= 11 is 0.